The van der Waals surface area contributed by atoms with Crippen molar-refractivity contribution in [1.29, 1.82) is 0 Å². The molecule has 0 radical (unpaired) electrons. The zero-order chi connectivity index (χ0) is 15.5. The molecule has 0 spiro atoms. The zero-order valence-corrected chi connectivity index (χ0v) is 13.5. The van der Waals surface area contributed by atoms with E-state index >= 15 is 0 Å². The van der Waals surface area contributed by atoms with Crippen molar-refractivity contribution in [3.05, 3.63) is 28.8 Å². The maximum atomic E-state index is 11.2. The molecule has 0 amide bonds. The molecule has 0 aliphatic carbocycles. The monoisotopic (exact) mass is 313 g/mol. The number of benzene rings is 1. The molecule has 0 saturated heterocycles. The fraction of sp³-hybridized carbons (Fsp3) is 0.562. The third kappa shape index (κ3) is 6.82. The fourth-order valence-electron chi connectivity index (χ4n) is 1.99. The van der Waals surface area contributed by atoms with Crippen molar-refractivity contribution in [2.45, 2.75) is 39.2 Å². The predicted molar refractivity (Wildman–Crippen MR) is 84.8 cm³/mol. The van der Waals surface area contributed by atoms with E-state index in [4.69, 9.17) is 21.1 Å². The van der Waals surface area contributed by atoms with Gasteiger partial charge in [0.25, 0.3) is 0 Å². The Hall–Kier alpha value is -1.26. The molecular formula is C16H24ClNO3. The number of hydrogen-bond acceptors (Lipinski definition) is 4. The SMILES string of the molecule is CCOC(=O)CCCCCOc1cccc(Cl)c1CNC. The molecule has 1 rings (SSSR count). The third-order valence-electron chi connectivity index (χ3n) is 3.02. The van der Waals surface area contributed by atoms with Crippen LogP contribution < -0.4 is 10.1 Å². The number of halogens is 1. The number of unbranched alkanes of at least 4 members (excludes halogenated alkanes) is 2. The van der Waals surface area contributed by atoms with Crippen LogP contribution in [0.2, 0.25) is 5.02 Å². The molecule has 1 aromatic carbocycles. The minimum atomic E-state index is -0.121. The molecular weight excluding hydrogens is 290 g/mol. The first-order valence-corrected chi connectivity index (χ1v) is 7.77. The molecule has 5 heteroatoms. The van der Waals surface area contributed by atoms with E-state index in [1.165, 1.54) is 0 Å². The van der Waals surface area contributed by atoms with Crippen LogP contribution in [0.15, 0.2) is 18.2 Å². The quantitative estimate of drug-likeness (QED) is 0.530. The van der Waals surface area contributed by atoms with E-state index in [-0.39, 0.29) is 5.97 Å². The first-order chi connectivity index (χ1) is 10.2. The Labute approximate surface area is 131 Å². The summed E-state index contributed by atoms with van der Waals surface area (Å²) < 4.78 is 10.7. The molecule has 4 nitrogen and oxygen atoms in total. The van der Waals surface area contributed by atoms with E-state index in [1.807, 2.05) is 32.2 Å². The minimum absolute atomic E-state index is 0.121. The summed E-state index contributed by atoms with van der Waals surface area (Å²) >= 11 is 6.16. The second-order valence-corrected chi connectivity index (χ2v) is 5.12. The van der Waals surface area contributed by atoms with Crippen LogP contribution in [0.4, 0.5) is 0 Å². The average molecular weight is 314 g/mol. The highest BCUT2D eigenvalue weighted by molar-refractivity contribution is 6.31. The molecule has 0 atom stereocenters. The van der Waals surface area contributed by atoms with E-state index in [0.29, 0.717) is 31.2 Å². The predicted octanol–water partition coefficient (Wildman–Crippen LogP) is 3.56. The number of hydrogen-bond donors (Lipinski definition) is 1. The van der Waals surface area contributed by atoms with Gasteiger partial charge in [-0.1, -0.05) is 17.7 Å². The van der Waals surface area contributed by atoms with E-state index < -0.39 is 0 Å². The molecule has 1 aromatic rings. The maximum absolute atomic E-state index is 11.2. The van der Waals surface area contributed by atoms with Gasteiger partial charge in [-0.3, -0.25) is 4.79 Å². The summed E-state index contributed by atoms with van der Waals surface area (Å²) in [7, 11) is 1.88. The summed E-state index contributed by atoms with van der Waals surface area (Å²) in [5, 5.41) is 3.80. The number of carbonyl (C=O) groups excluding carboxylic acids is 1. The highest BCUT2D eigenvalue weighted by Gasteiger charge is 2.07. The molecule has 118 valence electrons. The van der Waals surface area contributed by atoms with Gasteiger partial charge in [0.15, 0.2) is 0 Å². The molecule has 0 aliphatic rings. The third-order valence-corrected chi connectivity index (χ3v) is 3.37. The van der Waals surface area contributed by atoms with Crippen LogP contribution >= 0.6 is 11.6 Å². The van der Waals surface area contributed by atoms with Gasteiger partial charge in [0.1, 0.15) is 5.75 Å². The van der Waals surface area contributed by atoms with Crippen molar-refractivity contribution in [3.8, 4) is 5.75 Å². The van der Waals surface area contributed by atoms with Gasteiger partial charge < -0.3 is 14.8 Å². The van der Waals surface area contributed by atoms with Gasteiger partial charge in [0.05, 0.1) is 13.2 Å². The van der Waals surface area contributed by atoms with Gasteiger partial charge in [-0.2, -0.15) is 0 Å². The fourth-order valence-corrected chi connectivity index (χ4v) is 2.22. The van der Waals surface area contributed by atoms with Gasteiger partial charge in [-0.05, 0) is 45.4 Å². The molecule has 0 aliphatic heterocycles. The Morgan fingerprint density at radius 2 is 2.10 bits per heavy atom. The van der Waals surface area contributed by atoms with Crippen LogP contribution in [0.1, 0.15) is 38.2 Å². The smallest absolute Gasteiger partial charge is 0.305 e. The van der Waals surface area contributed by atoms with Gasteiger partial charge in [0, 0.05) is 23.6 Å². The standard InChI is InChI=1S/C16H24ClNO3/c1-3-20-16(19)10-5-4-6-11-21-15-9-7-8-14(17)13(15)12-18-2/h7-9,18H,3-6,10-12H2,1-2H3. The van der Waals surface area contributed by atoms with Crippen molar-refractivity contribution in [2.75, 3.05) is 20.3 Å². The van der Waals surface area contributed by atoms with Crippen molar-refractivity contribution in [3.63, 3.8) is 0 Å². The Kier molecular flexibility index (Phi) is 8.87. The van der Waals surface area contributed by atoms with Crippen LogP contribution in [0.5, 0.6) is 5.75 Å². The molecule has 0 bridgehead atoms. The van der Waals surface area contributed by atoms with E-state index in [0.717, 1.165) is 30.6 Å². The number of ether oxygens (including phenoxy) is 2. The molecule has 0 unspecified atom stereocenters. The van der Waals surface area contributed by atoms with E-state index in [1.54, 1.807) is 0 Å². The van der Waals surface area contributed by atoms with Crippen molar-refractivity contribution < 1.29 is 14.3 Å². The molecule has 1 N–H and O–H groups in total. The molecule has 0 fully saturated rings. The topological polar surface area (TPSA) is 47.6 Å². The van der Waals surface area contributed by atoms with Gasteiger partial charge >= 0.3 is 5.97 Å². The normalized spacial score (nSPS) is 10.4. The maximum Gasteiger partial charge on any atom is 0.305 e. The van der Waals surface area contributed by atoms with Crippen molar-refractivity contribution in [2.24, 2.45) is 0 Å². The average Bonchev–Trinajstić information content (AvgIpc) is 2.46. The second-order valence-electron chi connectivity index (χ2n) is 4.71. The van der Waals surface area contributed by atoms with Crippen LogP contribution in [0.25, 0.3) is 0 Å². The number of carbonyl (C=O) groups is 1. The van der Waals surface area contributed by atoms with Crippen LogP contribution in [-0.4, -0.2) is 26.2 Å². The van der Waals surface area contributed by atoms with E-state index in [2.05, 4.69) is 5.32 Å². The minimum Gasteiger partial charge on any atom is -0.493 e. The van der Waals surface area contributed by atoms with Gasteiger partial charge in [-0.15, -0.1) is 0 Å². The summed E-state index contributed by atoms with van der Waals surface area (Å²) in [6, 6.07) is 5.68. The second kappa shape index (κ2) is 10.5. The summed E-state index contributed by atoms with van der Waals surface area (Å²) in [6.45, 7) is 3.57. The molecule has 0 heterocycles. The van der Waals surface area contributed by atoms with Crippen molar-refractivity contribution >= 4 is 17.6 Å². The van der Waals surface area contributed by atoms with Crippen molar-refractivity contribution in [1.82, 2.24) is 5.32 Å². The van der Waals surface area contributed by atoms with Crippen LogP contribution in [0.3, 0.4) is 0 Å². The Morgan fingerprint density at radius 3 is 2.81 bits per heavy atom. The summed E-state index contributed by atoms with van der Waals surface area (Å²) in [4.78, 5) is 11.2. The highest BCUT2D eigenvalue weighted by atomic mass is 35.5. The lowest BCUT2D eigenvalue weighted by atomic mass is 10.2. The Morgan fingerprint density at radius 1 is 1.29 bits per heavy atom. The Balaban J connectivity index is 2.27. The number of rotatable bonds is 10. The highest BCUT2D eigenvalue weighted by Crippen LogP contribution is 2.26. The number of esters is 1. The van der Waals surface area contributed by atoms with Gasteiger partial charge in [0.2, 0.25) is 0 Å². The Bertz CT molecular complexity index is 438. The first kappa shape index (κ1) is 17.8. The zero-order valence-electron chi connectivity index (χ0n) is 12.8. The largest absolute Gasteiger partial charge is 0.493 e. The summed E-state index contributed by atoms with van der Waals surface area (Å²) in [6.07, 6.45) is 3.17. The molecule has 21 heavy (non-hydrogen) atoms. The van der Waals surface area contributed by atoms with Crippen LogP contribution in [0, 0.1) is 0 Å². The lowest BCUT2D eigenvalue weighted by molar-refractivity contribution is -0.143. The van der Waals surface area contributed by atoms with Crippen LogP contribution in [-0.2, 0) is 16.1 Å². The lowest BCUT2D eigenvalue weighted by Crippen LogP contribution is -2.09. The van der Waals surface area contributed by atoms with Gasteiger partial charge in [-0.25, -0.2) is 0 Å². The number of nitrogens with one attached hydrogen (secondary N) is 1. The summed E-state index contributed by atoms with van der Waals surface area (Å²) in [5.74, 6) is 0.701. The van der Waals surface area contributed by atoms with E-state index in [9.17, 15) is 4.79 Å². The molecule has 0 aromatic heterocycles. The lowest BCUT2D eigenvalue weighted by Gasteiger charge is -2.12. The molecule has 0 saturated carbocycles. The summed E-state index contributed by atoms with van der Waals surface area (Å²) in [5.41, 5.74) is 0.980. The first-order valence-electron chi connectivity index (χ1n) is 7.39.